The number of hydrogen-bond acceptors (Lipinski definition) is 8. The van der Waals surface area contributed by atoms with Gasteiger partial charge in [-0.15, -0.1) is 0 Å². The van der Waals surface area contributed by atoms with Gasteiger partial charge in [0.05, 0.1) is 40.0 Å². The van der Waals surface area contributed by atoms with Gasteiger partial charge in [0.15, 0.2) is 5.82 Å². The summed E-state index contributed by atoms with van der Waals surface area (Å²) in [7, 11) is 1.43. The number of ether oxygens (including phenoxy) is 1. The molecule has 3 aromatic rings. The maximum Gasteiger partial charge on any atom is 0.417 e. The minimum absolute atomic E-state index is 0.00141. The fourth-order valence-corrected chi connectivity index (χ4v) is 9.09. The molecule has 2 N–H and O–H groups in total. The van der Waals surface area contributed by atoms with Crippen molar-refractivity contribution in [2.24, 2.45) is 29.6 Å². The van der Waals surface area contributed by atoms with Crippen molar-refractivity contribution >= 4 is 52.6 Å². The lowest BCUT2D eigenvalue weighted by atomic mass is 9.48. The highest BCUT2D eigenvalue weighted by Crippen LogP contribution is 2.63. The van der Waals surface area contributed by atoms with Gasteiger partial charge < -0.3 is 9.84 Å². The number of hydrogen-bond donors (Lipinski definition) is 2. The second kappa shape index (κ2) is 11.6. The molecule has 2 saturated heterocycles. The quantitative estimate of drug-likeness (QED) is 0.244. The fraction of sp³-hybridized carbons (Fsp3) is 0.306. The number of likely N-dealkylation sites (tertiary alicyclic amines) is 1. The van der Waals surface area contributed by atoms with Crippen LogP contribution in [0.3, 0.4) is 0 Å². The summed E-state index contributed by atoms with van der Waals surface area (Å²) in [6, 6.07) is 11.7. The van der Waals surface area contributed by atoms with Gasteiger partial charge in [-0.25, -0.2) is 4.98 Å². The van der Waals surface area contributed by atoms with Crippen molar-refractivity contribution in [1.82, 2.24) is 14.9 Å². The molecule has 51 heavy (non-hydrogen) atoms. The zero-order valence-electron chi connectivity index (χ0n) is 26.6. The van der Waals surface area contributed by atoms with Crippen LogP contribution in [0, 0.1) is 29.6 Å². The van der Waals surface area contributed by atoms with Crippen molar-refractivity contribution in [2.45, 2.75) is 30.9 Å². The molecule has 6 atom stereocenters. The molecule has 0 radical (unpaired) electrons. The highest BCUT2D eigenvalue weighted by molar-refractivity contribution is 6.33. The first-order valence-electron chi connectivity index (χ1n) is 16.0. The number of aromatic hydroxyl groups is 1. The molecule has 8 rings (SSSR count). The minimum Gasteiger partial charge on any atom is -0.508 e. The van der Waals surface area contributed by atoms with Crippen molar-refractivity contribution in [3.8, 4) is 11.5 Å². The summed E-state index contributed by atoms with van der Waals surface area (Å²) in [5.74, 6) is -6.16. The molecule has 3 fully saturated rings. The average molecular weight is 740 g/mol. The summed E-state index contributed by atoms with van der Waals surface area (Å²) in [6.07, 6.45) is -0.372. The van der Waals surface area contributed by atoms with Crippen molar-refractivity contribution in [3.05, 3.63) is 105 Å². The Hall–Kier alpha value is -4.88. The van der Waals surface area contributed by atoms with Gasteiger partial charge in [-0.1, -0.05) is 47.0 Å². The molecular formula is C36H27Cl2F3N4O6. The van der Waals surface area contributed by atoms with E-state index in [2.05, 4.69) is 10.4 Å². The number of phenolic OH excluding ortho intramolecular Hbond substituents is 1. The van der Waals surface area contributed by atoms with E-state index in [0.29, 0.717) is 45.3 Å². The van der Waals surface area contributed by atoms with Gasteiger partial charge >= 0.3 is 6.18 Å². The van der Waals surface area contributed by atoms with Crippen molar-refractivity contribution in [3.63, 3.8) is 0 Å². The second-order valence-corrected chi connectivity index (χ2v) is 14.3. The number of alkyl halides is 3. The maximum atomic E-state index is 15.2. The first kappa shape index (κ1) is 33.3. The van der Waals surface area contributed by atoms with Crippen LogP contribution in [0.2, 0.25) is 10.0 Å². The minimum atomic E-state index is -4.74. The number of amides is 4. The average Bonchev–Trinajstić information content (AvgIpc) is 3.45. The number of nitrogens with one attached hydrogen (secondary N) is 1. The standard InChI is InChI=1S/C36H27Cl2F3N4O6/c1-44-31(47)23-8-7-22-24(28(23)33(44)49)13-25-32(48)45(43-30-26(38)12-19(14-42-30)36(39,40)41)34(50)35(25,18-2-4-20(37)5-3-18)29(22)17-10-16-11-21(46)6-9-27(16)51-15-17/h2-7,9,11-12,14-15,23-25,28-29,46H,8,10,13H2,1H3,(H,42,43). The summed E-state index contributed by atoms with van der Waals surface area (Å²) in [5.41, 5.74) is 2.10. The van der Waals surface area contributed by atoms with Crippen LogP contribution in [0.15, 0.2) is 78.2 Å². The van der Waals surface area contributed by atoms with Gasteiger partial charge in [0.2, 0.25) is 11.8 Å². The summed E-state index contributed by atoms with van der Waals surface area (Å²) < 4.78 is 46.3. The largest absolute Gasteiger partial charge is 0.508 e. The normalized spacial score (nSPS) is 28.4. The Bertz CT molecular complexity index is 2120. The maximum absolute atomic E-state index is 15.2. The lowest BCUT2D eigenvalue weighted by Crippen LogP contribution is -2.55. The molecule has 15 heteroatoms. The number of carbonyl (C=O) groups is 4. The molecule has 0 bridgehead atoms. The Morgan fingerprint density at radius 3 is 2.45 bits per heavy atom. The van der Waals surface area contributed by atoms with Gasteiger partial charge in [0.25, 0.3) is 11.8 Å². The van der Waals surface area contributed by atoms with Crippen molar-refractivity contribution in [2.75, 3.05) is 12.5 Å². The van der Waals surface area contributed by atoms with E-state index in [1.165, 1.54) is 19.4 Å². The number of carbonyl (C=O) groups excluding carboxylic acids is 4. The van der Waals surface area contributed by atoms with Crippen LogP contribution in [-0.2, 0) is 37.2 Å². The topological polar surface area (TPSA) is 129 Å². The monoisotopic (exact) mass is 738 g/mol. The highest BCUT2D eigenvalue weighted by atomic mass is 35.5. The highest BCUT2D eigenvalue weighted by Gasteiger charge is 2.70. The van der Waals surface area contributed by atoms with Crippen LogP contribution in [0.1, 0.15) is 29.5 Å². The predicted octanol–water partition coefficient (Wildman–Crippen LogP) is 6.08. The molecule has 0 spiro atoms. The zero-order valence-corrected chi connectivity index (χ0v) is 28.1. The molecular weight excluding hydrogens is 712 g/mol. The summed E-state index contributed by atoms with van der Waals surface area (Å²) in [6.45, 7) is 0. The van der Waals surface area contributed by atoms with Crippen LogP contribution in [0.4, 0.5) is 19.0 Å². The van der Waals surface area contributed by atoms with E-state index in [9.17, 15) is 32.7 Å². The molecule has 5 aliphatic rings. The number of imide groups is 2. The van der Waals surface area contributed by atoms with Gasteiger partial charge in [0, 0.05) is 36.2 Å². The molecule has 4 amide bonds. The third-order valence-corrected chi connectivity index (χ3v) is 11.5. The van der Waals surface area contributed by atoms with Gasteiger partial charge in [-0.3, -0.25) is 29.5 Å². The predicted molar refractivity (Wildman–Crippen MR) is 176 cm³/mol. The summed E-state index contributed by atoms with van der Waals surface area (Å²) >= 11 is 12.5. The first-order chi connectivity index (χ1) is 24.2. The number of pyridine rings is 1. The number of allylic oxidation sites excluding steroid dienone is 3. The van der Waals surface area contributed by atoms with Gasteiger partial charge in [-0.2, -0.15) is 18.2 Å². The molecule has 1 saturated carbocycles. The number of halogens is 5. The van der Waals surface area contributed by atoms with Crippen LogP contribution in [0.25, 0.3) is 0 Å². The molecule has 3 aliphatic heterocycles. The van der Waals surface area contributed by atoms with Crippen molar-refractivity contribution < 1.29 is 42.2 Å². The third kappa shape index (κ3) is 4.88. The lowest BCUT2D eigenvalue weighted by molar-refractivity contribution is -0.140. The van der Waals surface area contributed by atoms with E-state index in [4.69, 9.17) is 27.9 Å². The Labute approximate surface area is 298 Å². The van der Waals surface area contributed by atoms with Gasteiger partial charge in [-0.05, 0) is 66.3 Å². The van der Waals surface area contributed by atoms with Crippen molar-refractivity contribution in [1.29, 1.82) is 0 Å². The number of rotatable bonds is 4. The number of fused-ring (bicyclic) bond motifs is 5. The molecule has 2 aromatic carbocycles. The molecule has 6 unspecified atom stereocenters. The Balaban J connectivity index is 1.32. The lowest BCUT2D eigenvalue weighted by Gasteiger charge is -2.51. The van der Waals surface area contributed by atoms with Crippen LogP contribution >= 0.6 is 23.2 Å². The molecule has 4 heterocycles. The van der Waals surface area contributed by atoms with Crippen LogP contribution in [0.5, 0.6) is 11.5 Å². The number of nitrogens with zero attached hydrogens (tertiary/aromatic N) is 3. The first-order valence-corrected chi connectivity index (χ1v) is 16.8. The summed E-state index contributed by atoms with van der Waals surface area (Å²) in [4.78, 5) is 61.7. The number of benzene rings is 2. The Kier molecular flexibility index (Phi) is 7.55. The fourth-order valence-electron chi connectivity index (χ4n) is 8.76. The zero-order chi connectivity index (χ0) is 36.1. The SMILES string of the molecule is CN1C(=O)C2CC=C3C(CC4C(=O)N(Nc5ncc(C(F)(F)F)cc5Cl)C(=O)C4(c4ccc(Cl)cc4)C3C3=COc4ccc(O)cc4C3)C2C1=O. The van der Waals surface area contributed by atoms with Crippen LogP contribution < -0.4 is 10.2 Å². The molecule has 1 aromatic heterocycles. The molecule has 2 aliphatic carbocycles. The Morgan fingerprint density at radius 1 is 1.00 bits per heavy atom. The number of hydrazine groups is 1. The number of aromatic nitrogens is 1. The smallest absolute Gasteiger partial charge is 0.417 e. The Morgan fingerprint density at radius 2 is 1.75 bits per heavy atom. The van der Waals surface area contributed by atoms with Gasteiger partial charge in [0.1, 0.15) is 11.5 Å². The second-order valence-electron chi connectivity index (χ2n) is 13.4. The third-order valence-electron chi connectivity index (χ3n) is 10.9. The van der Waals surface area contributed by atoms with E-state index in [0.717, 1.165) is 9.91 Å². The summed E-state index contributed by atoms with van der Waals surface area (Å²) in [5, 5.41) is 11.0. The van der Waals surface area contributed by atoms with E-state index in [1.807, 2.05) is 6.08 Å². The number of anilines is 1. The van der Waals surface area contributed by atoms with E-state index in [-0.39, 0.29) is 42.6 Å². The van der Waals surface area contributed by atoms with E-state index < -0.39 is 63.6 Å². The van der Waals surface area contributed by atoms with E-state index >= 15 is 4.79 Å². The van der Waals surface area contributed by atoms with E-state index in [1.54, 1.807) is 36.4 Å². The molecule has 10 nitrogen and oxygen atoms in total. The van der Waals surface area contributed by atoms with Crippen LogP contribution in [-0.4, -0.2) is 50.7 Å². The number of phenols is 1. The molecule has 262 valence electrons.